The molecule has 1 rings (SSSR count). The van der Waals surface area contributed by atoms with Crippen LogP contribution in [0.3, 0.4) is 0 Å². The zero-order valence-corrected chi connectivity index (χ0v) is 16.5. The van der Waals surface area contributed by atoms with Crippen LogP contribution in [0.2, 0.25) is 0 Å². The first kappa shape index (κ1) is 22.2. The maximum Gasteiger partial charge on any atom is 0.338 e. The summed E-state index contributed by atoms with van der Waals surface area (Å²) < 4.78 is 5.24. The van der Waals surface area contributed by atoms with Gasteiger partial charge in [0.15, 0.2) is 5.60 Å². The Kier molecular flexibility index (Phi) is 7.85. The molecule has 0 spiro atoms. The van der Waals surface area contributed by atoms with Crippen LogP contribution in [0.5, 0.6) is 0 Å². The van der Waals surface area contributed by atoms with Crippen LogP contribution in [0.25, 0.3) is 0 Å². The fourth-order valence-corrected chi connectivity index (χ4v) is 3.29. The van der Waals surface area contributed by atoms with E-state index in [-0.39, 0.29) is 23.7 Å². The van der Waals surface area contributed by atoms with Crippen LogP contribution in [0.15, 0.2) is 46.8 Å². The van der Waals surface area contributed by atoms with Gasteiger partial charge in [-0.2, -0.15) is 0 Å². The monoisotopic (exact) mass is 364 g/mol. The second kappa shape index (κ2) is 9.19. The standard InChI is InChI=1S/C21H32O5/c1-7-18(23)16(5)10-14(3)8-13(2)9-15(4)11-21(12-22)19(24)17(6)20(25)26-21/h9-10,13,18,22-24H,3,7-8,11-12H2,1-2,4-6H3/b15-9+,16-10+/t13-,18-,21-/m0/s1. The minimum Gasteiger partial charge on any atom is -0.507 e. The van der Waals surface area contributed by atoms with Crippen molar-refractivity contribution in [1.29, 1.82) is 0 Å². The van der Waals surface area contributed by atoms with E-state index in [1.807, 2.05) is 39.8 Å². The predicted molar refractivity (Wildman–Crippen MR) is 103 cm³/mol. The number of hydrogen-bond donors (Lipinski definition) is 3. The Bertz CT molecular complexity index is 641. The summed E-state index contributed by atoms with van der Waals surface area (Å²) in [6.45, 7) is 12.8. The molecule has 1 aliphatic rings. The number of allylic oxidation sites excluding steroid dienone is 3. The fourth-order valence-electron chi connectivity index (χ4n) is 3.29. The zero-order chi connectivity index (χ0) is 20.1. The number of aliphatic hydroxyl groups excluding tert-OH is 3. The summed E-state index contributed by atoms with van der Waals surface area (Å²) >= 11 is 0. The number of ether oxygens (including phenoxy) is 1. The maximum absolute atomic E-state index is 11.7. The highest BCUT2D eigenvalue weighted by atomic mass is 16.6. The van der Waals surface area contributed by atoms with Crippen molar-refractivity contribution in [3.05, 3.63) is 46.8 Å². The van der Waals surface area contributed by atoms with Crippen molar-refractivity contribution >= 4 is 5.97 Å². The van der Waals surface area contributed by atoms with Crippen molar-refractivity contribution in [1.82, 2.24) is 0 Å². The maximum atomic E-state index is 11.7. The van der Waals surface area contributed by atoms with Gasteiger partial charge in [-0.25, -0.2) is 4.79 Å². The quantitative estimate of drug-likeness (QED) is 0.330. The number of rotatable bonds is 9. The highest BCUT2D eigenvalue weighted by molar-refractivity contribution is 5.91. The molecule has 5 heteroatoms. The third-order valence-corrected chi connectivity index (χ3v) is 4.70. The summed E-state index contributed by atoms with van der Waals surface area (Å²) in [7, 11) is 0. The van der Waals surface area contributed by atoms with Crippen LogP contribution in [-0.4, -0.2) is 39.6 Å². The number of aliphatic hydroxyl groups is 3. The average molecular weight is 364 g/mol. The van der Waals surface area contributed by atoms with Crippen molar-refractivity contribution in [2.75, 3.05) is 6.61 Å². The van der Waals surface area contributed by atoms with E-state index in [1.165, 1.54) is 6.92 Å². The molecule has 5 nitrogen and oxygen atoms in total. The predicted octanol–water partition coefficient (Wildman–Crippen LogP) is 3.74. The van der Waals surface area contributed by atoms with Gasteiger partial charge in [0.25, 0.3) is 0 Å². The molecule has 0 saturated heterocycles. The van der Waals surface area contributed by atoms with Gasteiger partial charge >= 0.3 is 5.97 Å². The smallest absolute Gasteiger partial charge is 0.338 e. The SMILES string of the molecule is C=C(/C=C(\C)[C@@H](O)CC)C[C@H](C)/C=C(\C)C[C@@]1(CO)OC(=O)C(C)=C1O. The average Bonchev–Trinajstić information content (AvgIpc) is 2.77. The van der Waals surface area contributed by atoms with Gasteiger partial charge in [0, 0.05) is 6.42 Å². The molecule has 0 amide bonds. The van der Waals surface area contributed by atoms with Crippen LogP contribution in [0, 0.1) is 5.92 Å². The normalized spacial score (nSPS) is 23.9. The summed E-state index contributed by atoms with van der Waals surface area (Å²) in [5, 5.41) is 29.7. The van der Waals surface area contributed by atoms with Crippen molar-refractivity contribution < 1.29 is 24.9 Å². The summed E-state index contributed by atoms with van der Waals surface area (Å²) in [4.78, 5) is 11.7. The molecule has 0 aromatic heterocycles. The molecule has 0 radical (unpaired) electrons. The lowest BCUT2D eigenvalue weighted by atomic mass is 9.90. The molecular formula is C21H32O5. The van der Waals surface area contributed by atoms with Crippen molar-refractivity contribution in [2.45, 2.75) is 65.6 Å². The molecule has 0 bridgehead atoms. The topological polar surface area (TPSA) is 87.0 Å². The minimum atomic E-state index is -1.37. The van der Waals surface area contributed by atoms with E-state index >= 15 is 0 Å². The second-order valence-electron chi connectivity index (χ2n) is 7.36. The van der Waals surface area contributed by atoms with Gasteiger partial charge in [0.1, 0.15) is 5.76 Å². The summed E-state index contributed by atoms with van der Waals surface area (Å²) in [5.74, 6) is -0.617. The van der Waals surface area contributed by atoms with E-state index in [0.717, 1.165) is 23.1 Å². The first-order valence-corrected chi connectivity index (χ1v) is 9.02. The van der Waals surface area contributed by atoms with E-state index in [9.17, 15) is 20.1 Å². The Morgan fingerprint density at radius 1 is 1.38 bits per heavy atom. The highest BCUT2D eigenvalue weighted by Gasteiger charge is 2.46. The van der Waals surface area contributed by atoms with Gasteiger partial charge in [-0.15, -0.1) is 0 Å². The van der Waals surface area contributed by atoms with E-state index in [0.29, 0.717) is 6.42 Å². The van der Waals surface area contributed by atoms with E-state index in [4.69, 9.17) is 4.74 Å². The molecule has 3 N–H and O–H groups in total. The molecule has 146 valence electrons. The first-order valence-electron chi connectivity index (χ1n) is 9.02. The van der Waals surface area contributed by atoms with Gasteiger partial charge in [-0.3, -0.25) is 0 Å². The molecule has 0 aromatic rings. The van der Waals surface area contributed by atoms with Crippen LogP contribution >= 0.6 is 0 Å². The van der Waals surface area contributed by atoms with Gasteiger partial charge in [-0.1, -0.05) is 43.7 Å². The number of carbonyl (C=O) groups is 1. The lowest BCUT2D eigenvalue weighted by molar-refractivity contribution is -0.151. The molecule has 3 atom stereocenters. The highest BCUT2D eigenvalue weighted by Crippen LogP contribution is 2.36. The summed E-state index contributed by atoms with van der Waals surface area (Å²) in [5.41, 5.74) is 1.49. The van der Waals surface area contributed by atoms with Crippen molar-refractivity contribution in [3.8, 4) is 0 Å². The molecule has 0 aromatic carbocycles. The molecular weight excluding hydrogens is 332 g/mol. The molecule has 26 heavy (non-hydrogen) atoms. The third kappa shape index (κ3) is 5.32. The fraction of sp³-hybridized carbons (Fsp3) is 0.571. The summed E-state index contributed by atoms with van der Waals surface area (Å²) in [6, 6.07) is 0. The molecule has 0 fully saturated rings. The lowest BCUT2D eigenvalue weighted by Gasteiger charge is -2.26. The van der Waals surface area contributed by atoms with Crippen molar-refractivity contribution in [3.63, 3.8) is 0 Å². The van der Waals surface area contributed by atoms with Gasteiger partial charge in [-0.05, 0) is 45.1 Å². The Labute approximate surface area is 156 Å². The molecule has 0 saturated carbocycles. The zero-order valence-electron chi connectivity index (χ0n) is 16.5. The Balaban J connectivity index is 2.78. The van der Waals surface area contributed by atoms with Crippen LogP contribution in [-0.2, 0) is 9.53 Å². The number of cyclic esters (lactones) is 1. The second-order valence-corrected chi connectivity index (χ2v) is 7.36. The van der Waals surface area contributed by atoms with Crippen LogP contribution in [0.1, 0.15) is 53.9 Å². The Morgan fingerprint density at radius 3 is 2.46 bits per heavy atom. The number of hydrogen-bond acceptors (Lipinski definition) is 5. The Morgan fingerprint density at radius 2 is 2.00 bits per heavy atom. The lowest BCUT2D eigenvalue weighted by Crippen LogP contribution is -2.37. The van der Waals surface area contributed by atoms with E-state index in [1.54, 1.807) is 0 Å². The van der Waals surface area contributed by atoms with Gasteiger partial charge in [0.05, 0.1) is 18.3 Å². The molecule has 0 aliphatic carbocycles. The van der Waals surface area contributed by atoms with Crippen LogP contribution in [0.4, 0.5) is 0 Å². The molecule has 1 heterocycles. The first-order chi connectivity index (χ1) is 12.1. The largest absolute Gasteiger partial charge is 0.507 e. The number of carbonyl (C=O) groups excluding carboxylic acids is 1. The molecule has 0 unspecified atom stereocenters. The minimum absolute atomic E-state index is 0.142. The number of esters is 1. The van der Waals surface area contributed by atoms with Crippen LogP contribution < -0.4 is 0 Å². The molecule has 1 aliphatic heterocycles. The summed E-state index contributed by atoms with van der Waals surface area (Å²) in [6.07, 6.45) is 5.12. The van der Waals surface area contributed by atoms with E-state index in [2.05, 4.69) is 6.58 Å². The van der Waals surface area contributed by atoms with Gasteiger partial charge in [0.2, 0.25) is 0 Å². The Hall–Kier alpha value is -1.85. The van der Waals surface area contributed by atoms with Crippen molar-refractivity contribution in [2.24, 2.45) is 5.92 Å². The van der Waals surface area contributed by atoms with E-state index < -0.39 is 24.3 Å². The van der Waals surface area contributed by atoms with Gasteiger partial charge < -0.3 is 20.1 Å². The third-order valence-electron chi connectivity index (χ3n) is 4.70.